The van der Waals surface area contributed by atoms with Gasteiger partial charge in [0, 0.05) is 12.0 Å². The molecule has 1 N–H and O–H groups in total. The number of rotatable bonds is 17. The van der Waals surface area contributed by atoms with E-state index in [4.69, 9.17) is 9.15 Å². The van der Waals surface area contributed by atoms with Crippen LogP contribution < -0.4 is 0 Å². The zero-order valence-electron chi connectivity index (χ0n) is 26.7. The lowest BCUT2D eigenvalue weighted by molar-refractivity contribution is -0.154. The van der Waals surface area contributed by atoms with Crippen LogP contribution in [0.3, 0.4) is 0 Å². The number of aliphatic hydroxyl groups is 1. The van der Waals surface area contributed by atoms with Crippen LogP contribution in [0.4, 0.5) is 0 Å². The number of furan rings is 1. The summed E-state index contributed by atoms with van der Waals surface area (Å²) in [7, 11) is 0. The molecule has 0 radical (unpaired) electrons. The number of hydrogen-bond acceptors (Lipinski definition) is 4. The average Bonchev–Trinajstić information content (AvgIpc) is 3.54. The van der Waals surface area contributed by atoms with E-state index in [1.165, 1.54) is 76.2 Å². The molecule has 4 aliphatic rings. The maximum Gasteiger partial charge on any atom is 0.305 e. The first-order valence-corrected chi connectivity index (χ1v) is 17.7. The summed E-state index contributed by atoms with van der Waals surface area (Å²) in [5.74, 6) is 2.21. The molecule has 4 heteroatoms. The summed E-state index contributed by atoms with van der Waals surface area (Å²) in [5.41, 5.74) is 0.765. The van der Waals surface area contributed by atoms with E-state index in [0.29, 0.717) is 18.3 Å². The summed E-state index contributed by atoms with van der Waals surface area (Å²) in [4.78, 5) is 12.6. The van der Waals surface area contributed by atoms with Crippen molar-refractivity contribution in [3.8, 4) is 0 Å². The Morgan fingerprint density at radius 2 is 1.71 bits per heavy atom. The molecule has 0 aliphatic heterocycles. The van der Waals surface area contributed by atoms with Crippen LogP contribution in [0.25, 0.3) is 6.08 Å². The van der Waals surface area contributed by atoms with Gasteiger partial charge in [0.2, 0.25) is 0 Å². The molecule has 1 heterocycles. The van der Waals surface area contributed by atoms with E-state index in [9.17, 15) is 9.90 Å². The first kappa shape index (κ1) is 31.6. The highest BCUT2D eigenvalue weighted by Gasteiger charge is 2.65. The highest BCUT2D eigenvalue weighted by Crippen LogP contribution is 2.71. The third-order valence-electron chi connectivity index (χ3n) is 11.9. The molecule has 0 aromatic carbocycles. The van der Waals surface area contributed by atoms with E-state index in [0.717, 1.165) is 57.1 Å². The SMILES string of the molecule is CCCCCCCC/C=C\CCCCCCCC(=O)OC[C@@]1(O)C[C@@]23CC[C@@H]4c5ccoc5C=C[C@@]4(C)[C@@H]2CC[C@@H]1C3. The summed E-state index contributed by atoms with van der Waals surface area (Å²) >= 11 is 0. The van der Waals surface area contributed by atoms with Crippen LogP contribution in [-0.4, -0.2) is 23.3 Å². The van der Waals surface area contributed by atoms with Gasteiger partial charge in [0.25, 0.3) is 0 Å². The summed E-state index contributed by atoms with van der Waals surface area (Å²) < 4.78 is 11.5. The predicted octanol–water partition coefficient (Wildman–Crippen LogP) is 10.3. The molecular formula is C38H58O4. The van der Waals surface area contributed by atoms with E-state index in [1.807, 2.05) is 6.26 Å². The lowest BCUT2D eigenvalue weighted by Gasteiger charge is -2.58. The topological polar surface area (TPSA) is 59.7 Å². The van der Waals surface area contributed by atoms with Crippen molar-refractivity contribution in [2.45, 2.75) is 154 Å². The van der Waals surface area contributed by atoms with Crippen LogP contribution in [0.5, 0.6) is 0 Å². The van der Waals surface area contributed by atoms with Crippen LogP contribution >= 0.6 is 0 Å². The fourth-order valence-corrected chi connectivity index (χ4v) is 9.66. The van der Waals surface area contributed by atoms with Gasteiger partial charge in [-0.15, -0.1) is 0 Å². The molecule has 1 aromatic rings. The Labute approximate surface area is 255 Å². The van der Waals surface area contributed by atoms with Gasteiger partial charge < -0.3 is 14.3 Å². The molecule has 5 rings (SSSR count). The highest BCUT2D eigenvalue weighted by atomic mass is 16.5. The fourth-order valence-electron chi connectivity index (χ4n) is 9.66. The van der Waals surface area contributed by atoms with Crippen molar-refractivity contribution in [1.29, 1.82) is 0 Å². The fraction of sp³-hybridized carbons (Fsp3) is 0.763. The molecule has 0 saturated heterocycles. The van der Waals surface area contributed by atoms with Crippen LogP contribution in [0.2, 0.25) is 0 Å². The third-order valence-corrected chi connectivity index (χ3v) is 11.9. The van der Waals surface area contributed by atoms with E-state index >= 15 is 0 Å². The molecule has 1 aromatic heterocycles. The van der Waals surface area contributed by atoms with Gasteiger partial charge in [-0.2, -0.15) is 0 Å². The third kappa shape index (κ3) is 6.95. The number of carbonyl (C=O) groups excluding carboxylic acids is 1. The predicted molar refractivity (Wildman–Crippen MR) is 171 cm³/mol. The van der Waals surface area contributed by atoms with Crippen LogP contribution in [0.1, 0.15) is 160 Å². The quantitative estimate of drug-likeness (QED) is 0.113. The maximum absolute atomic E-state index is 12.6. The number of unbranched alkanes of at least 4 members (excludes halogenated alkanes) is 11. The molecule has 1 spiro atoms. The molecule has 234 valence electrons. The van der Waals surface area contributed by atoms with Crippen molar-refractivity contribution in [2.24, 2.45) is 22.7 Å². The Morgan fingerprint density at radius 1 is 1.00 bits per heavy atom. The molecular weight excluding hydrogens is 520 g/mol. The molecule has 42 heavy (non-hydrogen) atoms. The smallest absolute Gasteiger partial charge is 0.305 e. The van der Waals surface area contributed by atoms with Crippen molar-refractivity contribution in [3.63, 3.8) is 0 Å². The van der Waals surface area contributed by atoms with Crippen molar-refractivity contribution < 1.29 is 19.1 Å². The van der Waals surface area contributed by atoms with Gasteiger partial charge in [-0.3, -0.25) is 4.79 Å². The largest absolute Gasteiger partial charge is 0.465 e. The number of fused-ring (bicyclic) bond motifs is 5. The first-order valence-electron chi connectivity index (χ1n) is 17.7. The van der Waals surface area contributed by atoms with Crippen LogP contribution in [-0.2, 0) is 9.53 Å². The zero-order chi connectivity index (χ0) is 29.5. The normalized spacial score (nSPS) is 33.0. The molecule has 4 aliphatic carbocycles. The second kappa shape index (κ2) is 14.3. The minimum absolute atomic E-state index is 0.103. The van der Waals surface area contributed by atoms with Gasteiger partial charge in [-0.05, 0) is 111 Å². The Kier molecular flexibility index (Phi) is 10.8. The second-order valence-electron chi connectivity index (χ2n) is 14.7. The minimum Gasteiger partial charge on any atom is -0.465 e. The Morgan fingerprint density at radius 3 is 2.48 bits per heavy atom. The summed E-state index contributed by atoms with van der Waals surface area (Å²) in [6, 6.07) is 2.17. The summed E-state index contributed by atoms with van der Waals surface area (Å²) in [6.45, 7) is 4.90. The number of esters is 1. The van der Waals surface area contributed by atoms with Crippen LogP contribution in [0, 0.1) is 22.7 Å². The van der Waals surface area contributed by atoms with Gasteiger partial charge in [-0.25, -0.2) is 0 Å². The molecule has 3 saturated carbocycles. The number of ether oxygens (including phenoxy) is 1. The average molecular weight is 579 g/mol. The molecule has 2 bridgehead atoms. The standard InChI is InChI=1S/C38H58O4/c1-3-4-5-6-7-8-9-10-11-12-13-14-15-16-17-18-35(39)42-29-38(40)28-37-25-21-32-31-23-26-41-33(31)22-24-36(32,2)34(37)20-19-30(38)27-37/h10-11,22-24,26,30,32,34,40H,3-9,12-21,25,27-29H2,1-2H3/b11-10-/t30-,32-,34+,36-,37+,38+/m1/s1. The molecule has 6 atom stereocenters. The van der Waals surface area contributed by atoms with Gasteiger partial charge in [-0.1, -0.05) is 83.4 Å². The van der Waals surface area contributed by atoms with Gasteiger partial charge >= 0.3 is 5.97 Å². The van der Waals surface area contributed by atoms with Crippen molar-refractivity contribution in [2.75, 3.05) is 6.61 Å². The Hall–Kier alpha value is -1.81. The Bertz CT molecular complexity index is 1070. The summed E-state index contributed by atoms with van der Waals surface area (Å²) in [5, 5.41) is 11.8. The minimum atomic E-state index is -0.866. The molecule has 3 fully saturated rings. The van der Waals surface area contributed by atoms with Crippen molar-refractivity contribution in [3.05, 3.63) is 41.9 Å². The lowest BCUT2D eigenvalue weighted by Crippen LogP contribution is -2.49. The highest BCUT2D eigenvalue weighted by molar-refractivity contribution is 5.69. The van der Waals surface area contributed by atoms with Gasteiger partial charge in [0.05, 0.1) is 6.26 Å². The number of carbonyl (C=O) groups is 1. The second-order valence-corrected chi connectivity index (χ2v) is 14.7. The van der Waals surface area contributed by atoms with E-state index in [1.54, 1.807) is 0 Å². The zero-order valence-corrected chi connectivity index (χ0v) is 26.7. The summed E-state index contributed by atoms with van der Waals surface area (Å²) in [6.07, 6.45) is 34.2. The van der Waals surface area contributed by atoms with Gasteiger partial charge in [0.1, 0.15) is 18.0 Å². The molecule has 4 nitrogen and oxygen atoms in total. The Balaban J connectivity index is 0.966. The van der Waals surface area contributed by atoms with Crippen molar-refractivity contribution >= 4 is 12.0 Å². The maximum atomic E-state index is 12.6. The van der Waals surface area contributed by atoms with E-state index in [2.05, 4.69) is 44.2 Å². The lowest BCUT2D eigenvalue weighted by atomic mass is 9.46. The molecule has 0 amide bonds. The first-order chi connectivity index (χ1) is 20.4. The molecule has 0 unspecified atom stereocenters. The number of hydrogen-bond donors (Lipinski definition) is 1. The monoisotopic (exact) mass is 578 g/mol. The van der Waals surface area contributed by atoms with E-state index in [-0.39, 0.29) is 29.3 Å². The van der Waals surface area contributed by atoms with Crippen molar-refractivity contribution in [1.82, 2.24) is 0 Å². The van der Waals surface area contributed by atoms with E-state index < -0.39 is 5.60 Å². The van der Waals surface area contributed by atoms with Gasteiger partial charge in [0.15, 0.2) is 0 Å². The van der Waals surface area contributed by atoms with Crippen LogP contribution in [0.15, 0.2) is 35.0 Å². The number of allylic oxidation sites excluding steroid dienone is 3.